The molecule has 1 aromatic heterocycles. The molecule has 0 aliphatic carbocycles. The van der Waals surface area contributed by atoms with E-state index in [2.05, 4.69) is 9.88 Å². The van der Waals surface area contributed by atoms with Crippen LogP contribution >= 0.6 is 11.6 Å². The summed E-state index contributed by atoms with van der Waals surface area (Å²) in [6.45, 7) is 0.858. The molecule has 170 valence electrons. The van der Waals surface area contributed by atoms with E-state index < -0.39 is 0 Å². The van der Waals surface area contributed by atoms with Crippen LogP contribution in [0.3, 0.4) is 0 Å². The Hall–Kier alpha value is -3.55. The van der Waals surface area contributed by atoms with Gasteiger partial charge in [0.15, 0.2) is 11.5 Å². The third-order valence-corrected chi connectivity index (χ3v) is 5.42. The van der Waals surface area contributed by atoms with Gasteiger partial charge in [0.05, 0.1) is 24.8 Å². The maximum absolute atomic E-state index is 12.3. The Balaban J connectivity index is 1.68. The van der Waals surface area contributed by atoms with Crippen LogP contribution in [0.25, 0.3) is 11.0 Å². The number of nitrogens with zero attached hydrogens (tertiary/aromatic N) is 2. The maximum atomic E-state index is 12.3. The number of methoxy groups -OCH3 is 1. The van der Waals surface area contributed by atoms with Gasteiger partial charge < -0.3 is 24.5 Å². The highest BCUT2D eigenvalue weighted by Gasteiger charge is 2.15. The predicted molar refractivity (Wildman–Crippen MR) is 127 cm³/mol. The van der Waals surface area contributed by atoms with Crippen molar-refractivity contribution < 1.29 is 19.4 Å². The van der Waals surface area contributed by atoms with Gasteiger partial charge in [0.25, 0.3) is 5.91 Å². The summed E-state index contributed by atoms with van der Waals surface area (Å²) in [6.07, 6.45) is 0. The van der Waals surface area contributed by atoms with Crippen LogP contribution < -0.4 is 14.8 Å². The molecule has 1 heterocycles. The maximum Gasteiger partial charge on any atom is 0.251 e. The second-order valence-electron chi connectivity index (χ2n) is 7.36. The van der Waals surface area contributed by atoms with E-state index >= 15 is 0 Å². The molecule has 0 unspecified atom stereocenters. The van der Waals surface area contributed by atoms with Crippen LogP contribution in [0.4, 0.5) is 0 Å². The number of aromatic nitrogens is 2. The van der Waals surface area contributed by atoms with Crippen LogP contribution in [0.5, 0.6) is 11.5 Å². The largest absolute Gasteiger partial charge is 0.493 e. The zero-order chi connectivity index (χ0) is 23.2. The molecule has 0 aliphatic heterocycles. The second-order valence-corrected chi connectivity index (χ2v) is 7.80. The van der Waals surface area contributed by atoms with Gasteiger partial charge in [-0.1, -0.05) is 35.9 Å². The van der Waals surface area contributed by atoms with Crippen LogP contribution in [-0.4, -0.2) is 40.8 Å². The van der Waals surface area contributed by atoms with E-state index in [1.54, 1.807) is 19.2 Å². The molecule has 33 heavy (non-hydrogen) atoms. The molecule has 0 radical (unpaired) electrons. The van der Waals surface area contributed by atoms with E-state index in [1.165, 1.54) is 0 Å². The number of fused-ring (bicyclic) bond motifs is 1. The lowest BCUT2D eigenvalue weighted by Gasteiger charge is -2.13. The van der Waals surface area contributed by atoms with Crippen molar-refractivity contribution in [3.8, 4) is 11.5 Å². The molecule has 1 amide bonds. The van der Waals surface area contributed by atoms with Gasteiger partial charge in [0.1, 0.15) is 12.4 Å². The van der Waals surface area contributed by atoms with Crippen LogP contribution in [0, 0.1) is 0 Å². The van der Waals surface area contributed by atoms with Crippen LogP contribution in [0.15, 0.2) is 66.7 Å². The van der Waals surface area contributed by atoms with Crippen molar-refractivity contribution in [1.29, 1.82) is 0 Å². The smallest absolute Gasteiger partial charge is 0.251 e. The van der Waals surface area contributed by atoms with Gasteiger partial charge >= 0.3 is 0 Å². The molecule has 2 N–H and O–H groups in total. The van der Waals surface area contributed by atoms with Gasteiger partial charge in [0, 0.05) is 23.7 Å². The normalized spacial score (nSPS) is 10.9. The van der Waals surface area contributed by atoms with Gasteiger partial charge in [-0.25, -0.2) is 4.98 Å². The Morgan fingerprint density at radius 2 is 1.85 bits per heavy atom. The summed E-state index contributed by atoms with van der Waals surface area (Å²) >= 11 is 6.04. The number of aliphatic hydroxyl groups excluding tert-OH is 1. The number of para-hydroxylation sites is 2. The van der Waals surface area contributed by atoms with Crippen molar-refractivity contribution in [2.45, 2.75) is 13.2 Å². The van der Waals surface area contributed by atoms with Crippen molar-refractivity contribution in [2.24, 2.45) is 0 Å². The molecule has 4 aromatic rings. The molecular formula is C25H24ClN3O4. The van der Waals surface area contributed by atoms with Crippen molar-refractivity contribution in [3.63, 3.8) is 0 Å². The summed E-state index contributed by atoms with van der Waals surface area (Å²) in [5.41, 5.74) is 3.09. The standard InChI is InChI=1S/C25H24ClN3O4/c1-32-22-4-2-3-5-23(22)33-16-24-28-20-14-18(25(31)27-12-13-30)8-11-21(20)29(24)15-17-6-9-19(26)10-7-17/h2-11,14,30H,12-13,15-16H2,1H3,(H,27,31). The van der Waals surface area contributed by atoms with E-state index in [-0.39, 0.29) is 25.7 Å². The summed E-state index contributed by atoms with van der Waals surface area (Å²) < 4.78 is 13.5. The molecular weight excluding hydrogens is 442 g/mol. The number of halogens is 1. The van der Waals surface area contributed by atoms with Gasteiger partial charge in [-0.15, -0.1) is 0 Å². The first-order valence-electron chi connectivity index (χ1n) is 10.5. The summed E-state index contributed by atoms with van der Waals surface area (Å²) in [5, 5.41) is 12.3. The average molecular weight is 466 g/mol. The monoisotopic (exact) mass is 465 g/mol. The molecule has 3 aromatic carbocycles. The van der Waals surface area contributed by atoms with Gasteiger partial charge in [-0.3, -0.25) is 4.79 Å². The number of rotatable bonds is 9. The fourth-order valence-corrected chi connectivity index (χ4v) is 3.66. The molecule has 0 bridgehead atoms. The summed E-state index contributed by atoms with van der Waals surface area (Å²) in [5.74, 6) is 1.71. The highest BCUT2D eigenvalue weighted by molar-refractivity contribution is 6.30. The van der Waals surface area contributed by atoms with Gasteiger partial charge in [0.2, 0.25) is 0 Å². The molecule has 4 rings (SSSR count). The van der Waals surface area contributed by atoms with Gasteiger partial charge in [-0.2, -0.15) is 0 Å². The molecule has 0 atom stereocenters. The molecule has 0 saturated heterocycles. The third-order valence-electron chi connectivity index (χ3n) is 5.17. The van der Waals surface area contributed by atoms with Gasteiger partial charge in [-0.05, 0) is 48.0 Å². The lowest BCUT2D eigenvalue weighted by Crippen LogP contribution is -2.26. The number of carbonyl (C=O) groups excluding carboxylic acids is 1. The Labute approximate surface area is 196 Å². The number of aliphatic hydroxyl groups is 1. The molecule has 7 nitrogen and oxygen atoms in total. The second kappa shape index (κ2) is 10.4. The first kappa shape index (κ1) is 22.6. The fraction of sp³-hybridized carbons (Fsp3) is 0.200. The summed E-state index contributed by atoms with van der Waals surface area (Å²) in [6, 6.07) is 20.4. The van der Waals surface area contributed by atoms with Crippen molar-refractivity contribution in [2.75, 3.05) is 20.3 Å². The number of hydrogen-bond acceptors (Lipinski definition) is 5. The zero-order valence-corrected chi connectivity index (χ0v) is 18.9. The van der Waals surface area contributed by atoms with Crippen molar-refractivity contribution in [3.05, 3.63) is 88.7 Å². The quantitative estimate of drug-likeness (QED) is 0.389. The third kappa shape index (κ3) is 5.27. The highest BCUT2D eigenvalue weighted by atomic mass is 35.5. The van der Waals surface area contributed by atoms with E-state index in [0.717, 1.165) is 11.1 Å². The Morgan fingerprint density at radius 3 is 2.58 bits per heavy atom. The van der Waals surface area contributed by atoms with E-state index in [4.69, 9.17) is 31.2 Å². The topological polar surface area (TPSA) is 85.6 Å². The van der Waals surface area contributed by atoms with Crippen LogP contribution in [-0.2, 0) is 13.2 Å². The predicted octanol–water partition coefficient (Wildman–Crippen LogP) is 4.05. The molecule has 0 spiro atoms. The van der Waals surface area contributed by atoms with Crippen LogP contribution in [0.1, 0.15) is 21.7 Å². The number of carbonyl (C=O) groups is 1. The molecule has 0 fully saturated rings. The highest BCUT2D eigenvalue weighted by Crippen LogP contribution is 2.28. The molecule has 0 aliphatic rings. The number of benzene rings is 3. The van der Waals surface area contributed by atoms with E-state index in [1.807, 2.05) is 54.6 Å². The zero-order valence-electron chi connectivity index (χ0n) is 18.1. The van der Waals surface area contributed by atoms with Crippen molar-refractivity contribution in [1.82, 2.24) is 14.9 Å². The minimum absolute atomic E-state index is 0.117. The number of imidazole rings is 1. The molecule has 0 saturated carbocycles. The Kier molecular flexibility index (Phi) is 7.12. The molecule has 8 heteroatoms. The Bertz CT molecular complexity index is 1250. The Morgan fingerprint density at radius 1 is 1.09 bits per heavy atom. The lowest BCUT2D eigenvalue weighted by atomic mass is 10.1. The minimum atomic E-state index is -0.259. The summed E-state index contributed by atoms with van der Waals surface area (Å²) in [4.78, 5) is 17.1. The number of hydrogen-bond donors (Lipinski definition) is 2. The van der Waals surface area contributed by atoms with Crippen LogP contribution in [0.2, 0.25) is 5.02 Å². The average Bonchev–Trinajstić information content (AvgIpc) is 3.19. The number of amides is 1. The summed E-state index contributed by atoms with van der Waals surface area (Å²) in [7, 11) is 1.60. The minimum Gasteiger partial charge on any atom is -0.493 e. The first-order chi connectivity index (χ1) is 16.1. The SMILES string of the molecule is COc1ccccc1OCc1nc2cc(C(=O)NCCO)ccc2n1Cc1ccc(Cl)cc1. The van der Waals surface area contributed by atoms with E-state index in [9.17, 15) is 4.79 Å². The first-order valence-corrected chi connectivity index (χ1v) is 10.9. The number of nitrogens with one attached hydrogen (secondary N) is 1. The fourth-order valence-electron chi connectivity index (χ4n) is 3.53. The van der Waals surface area contributed by atoms with E-state index in [0.29, 0.717) is 40.0 Å². The number of ether oxygens (including phenoxy) is 2. The van der Waals surface area contributed by atoms with Crippen molar-refractivity contribution >= 4 is 28.5 Å². The lowest BCUT2D eigenvalue weighted by molar-refractivity contribution is 0.0945.